The average Bonchev–Trinajstić information content (AvgIpc) is 2.99. The smallest absolute Gasteiger partial charge is 0.244 e. The molecule has 42 heavy (non-hydrogen) atoms. The number of anilines is 1. The molecule has 0 heterocycles. The molecule has 1 aliphatic carbocycles. The van der Waals surface area contributed by atoms with Crippen molar-refractivity contribution < 1.29 is 22.7 Å². The number of hydrogen-bond donors (Lipinski definition) is 1. The van der Waals surface area contributed by atoms with Crippen molar-refractivity contribution in [3.63, 3.8) is 0 Å². The standard InChI is InChI=1S/C32H38ClN3O5S/c1-41-30-16-10-9-15-28(30)36(42(2,39)40)23-31(37)35(22-25-17-19-26(33)20-18-25)29(21-24-11-5-3-6-12-24)32(38)34-27-13-7-4-8-14-27/h3,5-6,9-12,15-20,27,29H,4,7-8,13-14,21-23H2,1-2H3,(H,34,38). The van der Waals surface area contributed by atoms with E-state index < -0.39 is 28.5 Å². The van der Waals surface area contributed by atoms with Crippen LogP contribution < -0.4 is 14.4 Å². The molecule has 1 unspecified atom stereocenters. The van der Waals surface area contributed by atoms with Gasteiger partial charge >= 0.3 is 0 Å². The fourth-order valence-corrected chi connectivity index (χ4v) is 6.29. The molecule has 1 saturated carbocycles. The van der Waals surface area contributed by atoms with E-state index in [1.807, 2.05) is 30.3 Å². The second-order valence-corrected chi connectivity index (χ2v) is 13.0. The van der Waals surface area contributed by atoms with Gasteiger partial charge in [-0.05, 0) is 48.2 Å². The molecule has 3 aromatic carbocycles. The van der Waals surface area contributed by atoms with E-state index in [2.05, 4.69) is 5.32 Å². The van der Waals surface area contributed by atoms with Crippen molar-refractivity contribution in [2.75, 3.05) is 24.2 Å². The Morgan fingerprint density at radius 2 is 1.57 bits per heavy atom. The number of para-hydroxylation sites is 2. The van der Waals surface area contributed by atoms with E-state index in [9.17, 15) is 18.0 Å². The van der Waals surface area contributed by atoms with Crippen LogP contribution >= 0.6 is 11.6 Å². The van der Waals surface area contributed by atoms with Crippen LogP contribution in [0.5, 0.6) is 5.75 Å². The molecular weight excluding hydrogens is 574 g/mol. The Balaban J connectivity index is 1.73. The van der Waals surface area contributed by atoms with Crippen LogP contribution in [0.15, 0.2) is 78.9 Å². The molecule has 0 aliphatic heterocycles. The first-order valence-electron chi connectivity index (χ1n) is 14.1. The van der Waals surface area contributed by atoms with E-state index in [0.717, 1.165) is 53.8 Å². The first-order valence-corrected chi connectivity index (χ1v) is 16.4. The zero-order valence-electron chi connectivity index (χ0n) is 24.0. The van der Waals surface area contributed by atoms with Gasteiger partial charge in [0.05, 0.1) is 19.1 Å². The van der Waals surface area contributed by atoms with Crippen LogP contribution in [0.3, 0.4) is 0 Å². The highest BCUT2D eigenvalue weighted by molar-refractivity contribution is 7.92. The zero-order valence-corrected chi connectivity index (χ0v) is 25.6. The first kappa shape index (κ1) is 31.4. The van der Waals surface area contributed by atoms with E-state index in [0.29, 0.717) is 10.8 Å². The highest BCUT2D eigenvalue weighted by atomic mass is 35.5. The molecule has 2 amide bonds. The summed E-state index contributed by atoms with van der Waals surface area (Å²) >= 11 is 6.13. The van der Waals surface area contributed by atoms with Crippen molar-refractivity contribution in [3.8, 4) is 5.75 Å². The Morgan fingerprint density at radius 3 is 2.21 bits per heavy atom. The predicted octanol–water partition coefficient (Wildman–Crippen LogP) is 5.20. The molecular formula is C32H38ClN3O5S. The molecule has 0 radical (unpaired) electrons. The number of benzene rings is 3. The molecule has 0 saturated heterocycles. The molecule has 4 rings (SSSR count). The van der Waals surface area contributed by atoms with Crippen molar-refractivity contribution in [1.29, 1.82) is 0 Å². The maximum atomic E-state index is 14.2. The van der Waals surface area contributed by atoms with Crippen LogP contribution in [-0.4, -0.2) is 57.1 Å². The average molecular weight is 612 g/mol. The molecule has 0 bridgehead atoms. The number of halogens is 1. The van der Waals surface area contributed by atoms with Gasteiger partial charge in [-0.3, -0.25) is 13.9 Å². The minimum Gasteiger partial charge on any atom is -0.495 e. The van der Waals surface area contributed by atoms with Gasteiger partial charge in [0, 0.05) is 24.0 Å². The molecule has 224 valence electrons. The van der Waals surface area contributed by atoms with Gasteiger partial charge in [0.25, 0.3) is 0 Å². The Bertz CT molecular complexity index is 1440. The number of rotatable bonds is 12. The van der Waals surface area contributed by atoms with E-state index >= 15 is 0 Å². The summed E-state index contributed by atoms with van der Waals surface area (Å²) in [7, 11) is -2.45. The number of carbonyl (C=O) groups is 2. The summed E-state index contributed by atoms with van der Waals surface area (Å²) in [6, 6.07) is 22.4. The molecule has 0 spiro atoms. The summed E-state index contributed by atoms with van der Waals surface area (Å²) in [5.74, 6) is -0.451. The summed E-state index contributed by atoms with van der Waals surface area (Å²) < 4.78 is 32.5. The summed E-state index contributed by atoms with van der Waals surface area (Å²) in [6.07, 6.45) is 6.34. The third-order valence-electron chi connectivity index (χ3n) is 7.52. The third kappa shape index (κ3) is 8.49. The first-order chi connectivity index (χ1) is 20.2. The zero-order chi connectivity index (χ0) is 30.1. The van der Waals surface area contributed by atoms with Crippen LogP contribution in [0, 0.1) is 0 Å². The van der Waals surface area contributed by atoms with Gasteiger partial charge in [0.2, 0.25) is 21.8 Å². The van der Waals surface area contributed by atoms with Crippen molar-refractivity contribution in [2.45, 2.75) is 57.2 Å². The quantitative estimate of drug-likeness (QED) is 0.304. The van der Waals surface area contributed by atoms with Gasteiger partial charge in [-0.2, -0.15) is 0 Å². The number of ether oxygens (including phenoxy) is 1. The van der Waals surface area contributed by atoms with Crippen LogP contribution in [0.25, 0.3) is 0 Å². The van der Waals surface area contributed by atoms with Crippen molar-refractivity contribution in [3.05, 3.63) is 95.0 Å². The Labute approximate surface area is 253 Å². The summed E-state index contributed by atoms with van der Waals surface area (Å²) in [6.45, 7) is -0.413. The molecule has 8 nitrogen and oxygen atoms in total. The van der Waals surface area contributed by atoms with Gasteiger partial charge < -0.3 is 15.0 Å². The van der Waals surface area contributed by atoms with Gasteiger partial charge in [-0.15, -0.1) is 0 Å². The van der Waals surface area contributed by atoms with Crippen molar-refractivity contribution in [1.82, 2.24) is 10.2 Å². The van der Waals surface area contributed by atoms with Crippen molar-refractivity contribution >= 4 is 39.1 Å². The highest BCUT2D eigenvalue weighted by Crippen LogP contribution is 2.30. The lowest BCUT2D eigenvalue weighted by Gasteiger charge is -2.35. The lowest BCUT2D eigenvalue weighted by Crippen LogP contribution is -2.55. The third-order valence-corrected chi connectivity index (χ3v) is 8.90. The molecule has 1 atom stereocenters. The van der Waals surface area contributed by atoms with Gasteiger partial charge in [-0.25, -0.2) is 8.42 Å². The molecule has 3 aromatic rings. The number of hydrogen-bond acceptors (Lipinski definition) is 5. The Morgan fingerprint density at radius 1 is 0.929 bits per heavy atom. The fraction of sp³-hybridized carbons (Fsp3) is 0.375. The van der Waals surface area contributed by atoms with E-state index in [4.69, 9.17) is 16.3 Å². The van der Waals surface area contributed by atoms with Crippen LogP contribution in [-0.2, 0) is 32.6 Å². The number of nitrogens with one attached hydrogen (secondary N) is 1. The topological polar surface area (TPSA) is 96.0 Å². The van der Waals surface area contributed by atoms with Crippen LogP contribution in [0.2, 0.25) is 5.02 Å². The fourth-order valence-electron chi connectivity index (χ4n) is 5.32. The minimum atomic E-state index is -3.90. The minimum absolute atomic E-state index is 0.0399. The van der Waals surface area contributed by atoms with Crippen LogP contribution in [0.1, 0.15) is 43.2 Å². The molecule has 1 fully saturated rings. The predicted molar refractivity (Wildman–Crippen MR) is 166 cm³/mol. The van der Waals surface area contributed by atoms with E-state index in [-0.39, 0.29) is 30.6 Å². The summed E-state index contributed by atoms with van der Waals surface area (Å²) in [4.78, 5) is 29.7. The lowest BCUT2D eigenvalue weighted by atomic mass is 9.94. The number of sulfonamides is 1. The maximum Gasteiger partial charge on any atom is 0.244 e. The van der Waals surface area contributed by atoms with Gasteiger partial charge in [0.15, 0.2) is 0 Å². The van der Waals surface area contributed by atoms with Crippen molar-refractivity contribution in [2.24, 2.45) is 0 Å². The normalized spacial score (nSPS) is 14.5. The second-order valence-electron chi connectivity index (χ2n) is 10.6. The van der Waals surface area contributed by atoms with Gasteiger partial charge in [0.1, 0.15) is 18.3 Å². The monoisotopic (exact) mass is 611 g/mol. The van der Waals surface area contributed by atoms with Gasteiger partial charge in [-0.1, -0.05) is 85.5 Å². The Hall–Kier alpha value is -3.56. The number of carbonyl (C=O) groups excluding carboxylic acids is 2. The second kappa shape index (κ2) is 14.6. The lowest BCUT2D eigenvalue weighted by molar-refractivity contribution is -0.140. The molecule has 1 N–H and O–H groups in total. The number of nitrogens with zero attached hydrogens (tertiary/aromatic N) is 2. The number of methoxy groups -OCH3 is 1. The van der Waals surface area contributed by atoms with Crippen LogP contribution in [0.4, 0.5) is 5.69 Å². The summed E-state index contributed by atoms with van der Waals surface area (Å²) in [5, 5.41) is 3.75. The SMILES string of the molecule is COc1ccccc1N(CC(=O)N(Cc1ccc(Cl)cc1)C(Cc1ccccc1)C(=O)NC1CCCCC1)S(C)(=O)=O. The molecule has 10 heteroatoms. The molecule has 1 aliphatic rings. The highest BCUT2D eigenvalue weighted by Gasteiger charge is 2.34. The van der Waals surface area contributed by atoms with E-state index in [1.165, 1.54) is 12.0 Å². The Kier molecular flexibility index (Phi) is 10.9. The molecule has 0 aromatic heterocycles. The summed E-state index contributed by atoms with van der Waals surface area (Å²) in [5.41, 5.74) is 1.90. The largest absolute Gasteiger partial charge is 0.495 e. The van der Waals surface area contributed by atoms with E-state index in [1.54, 1.807) is 48.5 Å². The number of amides is 2. The maximum absolute atomic E-state index is 14.2.